The number of hydrogen-bond donors (Lipinski definition) is 2. The summed E-state index contributed by atoms with van der Waals surface area (Å²) in [5, 5.41) is 5.95. The molecule has 1 aliphatic rings. The highest BCUT2D eigenvalue weighted by molar-refractivity contribution is 5.80. The third kappa shape index (κ3) is 8.09. The minimum atomic E-state index is -0.508. The first kappa shape index (κ1) is 21.1. The number of nitrogens with one attached hydrogen (secondary N) is 2. The monoisotopic (exact) mass is 356 g/mol. The van der Waals surface area contributed by atoms with E-state index in [1.165, 1.54) is 7.11 Å². The van der Waals surface area contributed by atoms with Gasteiger partial charge in [0.05, 0.1) is 19.6 Å². The number of carbonyl (C=O) groups is 2. The summed E-state index contributed by atoms with van der Waals surface area (Å²) in [6, 6.07) is 0. The summed E-state index contributed by atoms with van der Waals surface area (Å²) in [5.74, 6) is 0.637. The van der Waals surface area contributed by atoms with Crippen molar-refractivity contribution in [1.82, 2.24) is 15.5 Å². The molecule has 1 rings (SSSR count). The maximum absolute atomic E-state index is 11.6. The number of guanidine groups is 1. The molecule has 0 radical (unpaired) electrons. The Kier molecular flexibility index (Phi) is 8.51. The number of likely N-dealkylation sites (tertiary alicyclic amines) is 1. The standard InChI is InChI=1S/C17H32N4O4/c1-6-18-15(19-9-10-20-16(23)25-17(2,3)4)21-11-7-13(8-12-21)14(22)24-5/h13H,6-12H2,1-5H3,(H,18,19)(H,20,23). The van der Waals surface area contributed by atoms with Crippen LogP contribution in [0.3, 0.4) is 0 Å². The fourth-order valence-corrected chi connectivity index (χ4v) is 2.55. The minimum absolute atomic E-state index is 0.0297. The lowest BCUT2D eigenvalue weighted by Gasteiger charge is -2.33. The van der Waals surface area contributed by atoms with E-state index in [0.717, 1.165) is 38.4 Å². The average molecular weight is 356 g/mol. The number of nitrogens with zero attached hydrogens (tertiary/aromatic N) is 2. The molecule has 1 saturated heterocycles. The first-order chi connectivity index (χ1) is 11.8. The van der Waals surface area contributed by atoms with E-state index >= 15 is 0 Å². The van der Waals surface area contributed by atoms with Gasteiger partial charge in [0.2, 0.25) is 0 Å². The van der Waals surface area contributed by atoms with Crippen LogP contribution >= 0.6 is 0 Å². The molecule has 0 saturated carbocycles. The molecule has 0 spiro atoms. The fourth-order valence-electron chi connectivity index (χ4n) is 2.55. The molecule has 1 heterocycles. The maximum Gasteiger partial charge on any atom is 0.407 e. The Labute approximate surface area is 150 Å². The van der Waals surface area contributed by atoms with Crippen LogP contribution in [0.5, 0.6) is 0 Å². The second-order valence-corrected chi connectivity index (χ2v) is 6.95. The highest BCUT2D eigenvalue weighted by Crippen LogP contribution is 2.18. The molecule has 1 aliphatic heterocycles. The van der Waals surface area contributed by atoms with Gasteiger partial charge in [-0.15, -0.1) is 0 Å². The van der Waals surface area contributed by atoms with Crippen molar-refractivity contribution < 1.29 is 19.1 Å². The third-order valence-electron chi connectivity index (χ3n) is 3.71. The molecule has 25 heavy (non-hydrogen) atoms. The number of aliphatic imine (C=N–C) groups is 1. The molecular formula is C17H32N4O4. The molecule has 0 unspecified atom stereocenters. The second kappa shape index (κ2) is 10.1. The zero-order valence-corrected chi connectivity index (χ0v) is 16.1. The summed E-state index contributed by atoms with van der Waals surface area (Å²) in [5.41, 5.74) is -0.508. The van der Waals surface area contributed by atoms with E-state index in [1.807, 2.05) is 27.7 Å². The summed E-state index contributed by atoms with van der Waals surface area (Å²) >= 11 is 0. The number of methoxy groups -OCH3 is 1. The van der Waals surface area contributed by atoms with E-state index in [1.54, 1.807) is 0 Å². The van der Waals surface area contributed by atoms with Crippen LogP contribution in [0.1, 0.15) is 40.5 Å². The van der Waals surface area contributed by atoms with E-state index < -0.39 is 11.7 Å². The highest BCUT2D eigenvalue weighted by atomic mass is 16.6. The fraction of sp³-hybridized carbons (Fsp3) is 0.824. The number of rotatable bonds is 5. The molecule has 2 N–H and O–H groups in total. The Bertz CT molecular complexity index is 466. The Morgan fingerprint density at radius 3 is 2.36 bits per heavy atom. The van der Waals surface area contributed by atoms with Crippen LogP contribution in [-0.2, 0) is 14.3 Å². The lowest BCUT2D eigenvalue weighted by Crippen LogP contribution is -2.47. The molecule has 0 aromatic rings. The van der Waals surface area contributed by atoms with Gasteiger partial charge < -0.3 is 25.0 Å². The summed E-state index contributed by atoms with van der Waals surface area (Å²) in [6.07, 6.45) is 1.08. The van der Waals surface area contributed by atoms with E-state index in [2.05, 4.69) is 20.5 Å². The molecule has 0 aromatic heterocycles. The zero-order chi connectivity index (χ0) is 18.9. The van der Waals surface area contributed by atoms with Crippen LogP contribution in [0, 0.1) is 5.92 Å². The predicted molar refractivity (Wildman–Crippen MR) is 96.5 cm³/mol. The Morgan fingerprint density at radius 2 is 1.84 bits per heavy atom. The van der Waals surface area contributed by atoms with Gasteiger partial charge in [0, 0.05) is 26.2 Å². The topological polar surface area (TPSA) is 92.3 Å². The van der Waals surface area contributed by atoms with Crippen molar-refractivity contribution >= 4 is 18.0 Å². The quantitative estimate of drug-likeness (QED) is 0.334. The van der Waals surface area contributed by atoms with Crippen molar-refractivity contribution in [2.45, 2.75) is 46.1 Å². The smallest absolute Gasteiger partial charge is 0.407 e. The van der Waals surface area contributed by atoms with Crippen molar-refractivity contribution in [3.63, 3.8) is 0 Å². The van der Waals surface area contributed by atoms with Crippen LogP contribution in [-0.4, -0.2) is 68.4 Å². The van der Waals surface area contributed by atoms with Gasteiger partial charge in [0.1, 0.15) is 5.60 Å². The third-order valence-corrected chi connectivity index (χ3v) is 3.71. The zero-order valence-electron chi connectivity index (χ0n) is 16.1. The number of ether oxygens (including phenoxy) is 2. The SMILES string of the molecule is CCNC(=NCCNC(=O)OC(C)(C)C)N1CCC(C(=O)OC)CC1. The Hall–Kier alpha value is -1.99. The number of alkyl carbamates (subject to hydrolysis) is 1. The predicted octanol–water partition coefficient (Wildman–Crippen LogP) is 1.36. The van der Waals surface area contributed by atoms with Gasteiger partial charge in [-0.25, -0.2) is 4.79 Å². The molecule has 0 atom stereocenters. The highest BCUT2D eigenvalue weighted by Gasteiger charge is 2.26. The van der Waals surface area contributed by atoms with Crippen molar-refractivity contribution in [2.24, 2.45) is 10.9 Å². The van der Waals surface area contributed by atoms with Crippen LogP contribution in [0.2, 0.25) is 0 Å². The largest absolute Gasteiger partial charge is 0.469 e. The van der Waals surface area contributed by atoms with Crippen molar-refractivity contribution in [3.05, 3.63) is 0 Å². The molecule has 0 aromatic carbocycles. The van der Waals surface area contributed by atoms with Crippen molar-refractivity contribution in [3.8, 4) is 0 Å². The van der Waals surface area contributed by atoms with Gasteiger partial charge in [-0.3, -0.25) is 9.79 Å². The lowest BCUT2D eigenvalue weighted by atomic mass is 9.97. The number of esters is 1. The van der Waals surface area contributed by atoms with Crippen molar-refractivity contribution in [2.75, 3.05) is 39.8 Å². The molecule has 8 heteroatoms. The van der Waals surface area contributed by atoms with E-state index in [4.69, 9.17) is 9.47 Å². The number of hydrogen-bond acceptors (Lipinski definition) is 5. The van der Waals surface area contributed by atoms with Crippen LogP contribution in [0.4, 0.5) is 4.79 Å². The average Bonchev–Trinajstić information content (AvgIpc) is 2.55. The molecule has 8 nitrogen and oxygen atoms in total. The maximum atomic E-state index is 11.6. The number of amides is 1. The van der Waals surface area contributed by atoms with E-state index in [9.17, 15) is 9.59 Å². The van der Waals surface area contributed by atoms with Gasteiger partial charge >= 0.3 is 12.1 Å². The molecule has 1 amide bonds. The summed E-state index contributed by atoms with van der Waals surface area (Å²) in [7, 11) is 1.43. The second-order valence-electron chi connectivity index (χ2n) is 6.95. The van der Waals surface area contributed by atoms with E-state index in [0.29, 0.717) is 13.1 Å². The minimum Gasteiger partial charge on any atom is -0.469 e. The van der Waals surface area contributed by atoms with Gasteiger partial charge in [-0.1, -0.05) is 0 Å². The van der Waals surface area contributed by atoms with Gasteiger partial charge in [0.15, 0.2) is 5.96 Å². The van der Waals surface area contributed by atoms with Gasteiger partial charge in [-0.2, -0.15) is 0 Å². The first-order valence-electron chi connectivity index (χ1n) is 8.84. The normalized spacial score (nSPS) is 16.4. The van der Waals surface area contributed by atoms with E-state index in [-0.39, 0.29) is 11.9 Å². The van der Waals surface area contributed by atoms with Crippen molar-refractivity contribution in [1.29, 1.82) is 0 Å². The molecule has 1 fully saturated rings. The molecule has 0 bridgehead atoms. The van der Waals surface area contributed by atoms with Crippen LogP contribution < -0.4 is 10.6 Å². The Morgan fingerprint density at radius 1 is 1.20 bits per heavy atom. The van der Waals surface area contributed by atoms with Gasteiger partial charge in [0.25, 0.3) is 0 Å². The summed E-state index contributed by atoms with van der Waals surface area (Å²) < 4.78 is 10.00. The van der Waals surface area contributed by atoms with Crippen LogP contribution in [0.15, 0.2) is 4.99 Å². The lowest BCUT2D eigenvalue weighted by molar-refractivity contribution is -0.146. The molecule has 144 valence electrons. The van der Waals surface area contributed by atoms with Crippen LogP contribution in [0.25, 0.3) is 0 Å². The number of piperidine rings is 1. The first-order valence-corrected chi connectivity index (χ1v) is 8.84. The number of carbonyl (C=O) groups excluding carboxylic acids is 2. The molecule has 0 aliphatic carbocycles. The Balaban J connectivity index is 2.44. The van der Waals surface area contributed by atoms with Gasteiger partial charge in [-0.05, 0) is 40.5 Å². The molecular weight excluding hydrogens is 324 g/mol. The summed E-state index contributed by atoms with van der Waals surface area (Å²) in [6.45, 7) is 10.6. The summed E-state index contributed by atoms with van der Waals surface area (Å²) in [4.78, 5) is 29.9.